The molecule has 0 unspecified atom stereocenters. The molecule has 0 spiro atoms. The minimum absolute atomic E-state index is 0.0460. The average Bonchev–Trinajstić information content (AvgIpc) is 3.40. The Balaban J connectivity index is 1.34. The molecule has 1 aromatic carbocycles. The Morgan fingerprint density at radius 1 is 1.19 bits per heavy atom. The summed E-state index contributed by atoms with van der Waals surface area (Å²) < 4.78 is 10.4. The smallest absolute Gasteiger partial charge is 0.238 e. The van der Waals surface area contributed by atoms with Gasteiger partial charge in [-0.3, -0.25) is 4.79 Å². The normalized spacial score (nSPS) is 19.8. The van der Waals surface area contributed by atoms with E-state index in [0.29, 0.717) is 43.4 Å². The van der Waals surface area contributed by atoms with Gasteiger partial charge in [-0.15, -0.1) is 0 Å². The Hall–Kier alpha value is -2.93. The number of hydrogen-bond donors (Lipinski definition) is 1. The van der Waals surface area contributed by atoms with Crippen LogP contribution in [0.4, 0.5) is 0 Å². The Morgan fingerprint density at radius 3 is 2.81 bits per heavy atom. The van der Waals surface area contributed by atoms with Gasteiger partial charge in [-0.2, -0.15) is 4.98 Å². The molecule has 1 amide bonds. The summed E-state index contributed by atoms with van der Waals surface area (Å²) in [5.74, 6) is 1.59. The maximum Gasteiger partial charge on any atom is 0.238 e. The van der Waals surface area contributed by atoms with Gasteiger partial charge in [0.25, 0.3) is 0 Å². The number of likely N-dealkylation sites (tertiary alicyclic amines) is 1. The number of hydrogen-bond acceptors (Lipinski definition) is 6. The number of nitrogens with zero attached hydrogens (tertiary/aromatic N) is 3. The SMILES string of the molecule is N[C@@H]1CN(C(=O)CCc2nc(-c3ccco3)no2)C[C@H]1c1ccccc1. The van der Waals surface area contributed by atoms with Gasteiger partial charge in [-0.05, 0) is 17.7 Å². The van der Waals surface area contributed by atoms with E-state index in [9.17, 15) is 4.79 Å². The fourth-order valence-corrected chi connectivity index (χ4v) is 3.32. The number of benzene rings is 1. The van der Waals surface area contributed by atoms with Gasteiger partial charge in [-0.1, -0.05) is 35.5 Å². The summed E-state index contributed by atoms with van der Waals surface area (Å²) >= 11 is 0. The summed E-state index contributed by atoms with van der Waals surface area (Å²) in [4.78, 5) is 18.6. The Morgan fingerprint density at radius 2 is 2.04 bits per heavy atom. The molecule has 2 N–H and O–H groups in total. The highest BCUT2D eigenvalue weighted by Crippen LogP contribution is 2.27. The minimum Gasteiger partial charge on any atom is -0.461 e. The molecule has 1 aliphatic rings. The highest BCUT2D eigenvalue weighted by Gasteiger charge is 2.33. The molecule has 3 heterocycles. The van der Waals surface area contributed by atoms with Gasteiger partial charge < -0.3 is 19.6 Å². The number of carbonyl (C=O) groups excluding carboxylic acids is 1. The standard InChI is InChI=1S/C19H20N4O3/c20-15-12-23(11-14(15)13-5-2-1-3-6-13)18(24)9-8-17-21-19(22-26-17)16-7-4-10-25-16/h1-7,10,14-15H,8-9,11-12,20H2/t14-,15+/m0/s1. The van der Waals surface area contributed by atoms with Crippen LogP contribution in [0.5, 0.6) is 0 Å². The van der Waals surface area contributed by atoms with Gasteiger partial charge in [0.2, 0.25) is 17.6 Å². The predicted octanol–water partition coefficient (Wildman–Crippen LogP) is 2.22. The molecule has 134 valence electrons. The first-order valence-electron chi connectivity index (χ1n) is 8.65. The van der Waals surface area contributed by atoms with Crippen LogP contribution in [0.1, 0.15) is 23.8 Å². The van der Waals surface area contributed by atoms with Crippen LogP contribution in [-0.2, 0) is 11.2 Å². The number of furan rings is 1. The number of amides is 1. The van der Waals surface area contributed by atoms with Gasteiger partial charge in [0.1, 0.15) is 0 Å². The zero-order valence-electron chi connectivity index (χ0n) is 14.2. The van der Waals surface area contributed by atoms with Gasteiger partial charge in [0.05, 0.1) is 6.26 Å². The molecule has 2 atom stereocenters. The quantitative estimate of drug-likeness (QED) is 0.756. The molecular formula is C19H20N4O3. The molecule has 0 aliphatic carbocycles. The molecule has 0 bridgehead atoms. The van der Waals surface area contributed by atoms with E-state index in [4.69, 9.17) is 14.7 Å². The zero-order valence-corrected chi connectivity index (χ0v) is 14.2. The van der Waals surface area contributed by atoms with E-state index in [1.165, 1.54) is 5.56 Å². The van der Waals surface area contributed by atoms with Crippen LogP contribution in [0.25, 0.3) is 11.6 Å². The van der Waals surface area contributed by atoms with Crippen LogP contribution in [0, 0.1) is 0 Å². The first kappa shape index (κ1) is 16.5. The maximum absolute atomic E-state index is 12.5. The van der Waals surface area contributed by atoms with E-state index in [1.54, 1.807) is 18.4 Å². The van der Waals surface area contributed by atoms with Crippen LogP contribution < -0.4 is 5.73 Å². The van der Waals surface area contributed by atoms with Gasteiger partial charge in [0, 0.05) is 37.9 Å². The van der Waals surface area contributed by atoms with Crippen LogP contribution in [0.3, 0.4) is 0 Å². The van der Waals surface area contributed by atoms with Crippen molar-refractivity contribution < 1.29 is 13.7 Å². The van der Waals surface area contributed by atoms with Crippen LogP contribution in [-0.4, -0.2) is 40.1 Å². The summed E-state index contributed by atoms with van der Waals surface area (Å²) in [6.45, 7) is 1.21. The third-order valence-corrected chi connectivity index (χ3v) is 4.71. The summed E-state index contributed by atoms with van der Waals surface area (Å²) in [6.07, 6.45) is 2.26. The largest absolute Gasteiger partial charge is 0.461 e. The van der Waals surface area contributed by atoms with E-state index in [-0.39, 0.29) is 17.9 Å². The van der Waals surface area contributed by atoms with Crippen molar-refractivity contribution in [1.82, 2.24) is 15.0 Å². The molecule has 2 aromatic heterocycles. The molecule has 26 heavy (non-hydrogen) atoms. The van der Waals surface area contributed by atoms with Gasteiger partial charge >= 0.3 is 0 Å². The summed E-state index contributed by atoms with van der Waals surface area (Å²) in [7, 11) is 0. The van der Waals surface area contributed by atoms with E-state index in [1.807, 2.05) is 23.1 Å². The average molecular weight is 352 g/mol. The van der Waals surface area contributed by atoms with Crippen molar-refractivity contribution in [2.75, 3.05) is 13.1 Å². The molecule has 1 aliphatic heterocycles. The summed E-state index contributed by atoms with van der Waals surface area (Å²) in [6, 6.07) is 13.6. The van der Waals surface area contributed by atoms with E-state index < -0.39 is 0 Å². The monoisotopic (exact) mass is 352 g/mol. The van der Waals surface area contributed by atoms with E-state index in [0.717, 1.165) is 0 Å². The van der Waals surface area contributed by atoms with Crippen LogP contribution in [0.15, 0.2) is 57.7 Å². The van der Waals surface area contributed by atoms with Crippen molar-refractivity contribution in [3.63, 3.8) is 0 Å². The lowest BCUT2D eigenvalue weighted by molar-refractivity contribution is -0.130. The van der Waals surface area contributed by atoms with Crippen molar-refractivity contribution in [3.8, 4) is 11.6 Å². The lowest BCUT2D eigenvalue weighted by Gasteiger charge is -2.16. The van der Waals surface area contributed by atoms with Crippen molar-refractivity contribution in [2.24, 2.45) is 5.73 Å². The molecule has 3 aromatic rings. The molecule has 1 fully saturated rings. The fraction of sp³-hybridized carbons (Fsp3) is 0.316. The number of aromatic nitrogens is 2. The first-order valence-corrected chi connectivity index (χ1v) is 8.65. The van der Waals surface area contributed by atoms with Crippen molar-refractivity contribution in [3.05, 3.63) is 60.2 Å². The lowest BCUT2D eigenvalue weighted by Crippen LogP contribution is -2.32. The second-order valence-corrected chi connectivity index (χ2v) is 6.47. The second kappa shape index (κ2) is 7.13. The minimum atomic E-state index is -0.0460. The Labute approximate surface area is 150 Å². The summed E-state index contributed by atoms with van der Waals surface area (Å²) in [5.41, 5.74) is 7.44. The van der Waals surface area contributed by atoms with Crippen LogP contribution >= 0.6 is 0 Å². The van der Waals surface area contributed by atoms with Crippen LogP contribution in [0.2, 0.25) is 0 Å². The molecule has 7 nitrogen and oxygen atoms in total. The van der Waals surface area contributed by atoms with E-state index >= 15 is 0 Å². The molecule has 7 heteroatoms. The summed E-state index contributed by atoms with van der Waals surface area (Å²) in [5, 5.41) is 3.87. The first-order chi connectivity index (χ1) is 12.7. The highest BCUT2D eigenvalue weighted by atomic mass is 16.5. The van der Waals surface area contributed by atoms with Gasteiger partial charge in [-0.25, -0.2) is 0 Å². The molecule has 1 saturated heterocycles. The number of carbonyl (C=O) groups is 1. The fourth-order valence-electron chi connectivity index (χ4n) is 3.32. The highest BCUT2D eigenvalue weighted by molar-refractivity contribution is 5.77. The third kappa shape index (κ3) is 3.39. The lowest BCUT2D eigenvalue weighted by atomic mass is 9.95. The number of nitrogens with two attached hydrogens (primary N) is 1. The number of rotatable bonds is 5. The third-order valence-electron chi connectivity index (χ3n) is 4.71. The van der Waals surface area contributed by atoms with Gasteiger partial charge in [0.15, 0.2) is 5.76 Å². The zero-order chi connectivity index (χ0) is 17.9. The molecular weight excluding hydrogens is 332 g/mol. The van der Waals surface area contributed by atoms with Crippen molar-refractivity contribution >= 4 is 5.91 Å². The van der Waals surface area contributed by atoms with Crippen molar-refractivity contribution in [1.29, 1.82) is 0 Å². The molecule has 4 rings (SSSR count). The predicted molar refractivity (Wildman–Crippen MR) is 94.1 cm³/mol. The number of aryl methyl sites for hydroxylation is 1. The molecule has 0 saturated carbocycles. The second-order valence-electron chi connectivity index (χ2n) is 6.47. The molecule has 0 radical (unpaired) electrons. The van der Waals surface area contributed by atoms with Crippen molar-refractivity contribution in [2.45, 2.75) is 24.8 Å². The maximum atomic E-state index is 12.5. The Kier molecular flexibility index (Phi) is 4.53. The van der Waals surface area contributed by atoms with E-state index in [2.05, 4.69) is 22.3 Å². The Bertz CT molecular complexity index is 860. The topological polar surface area (TPSA) is 98.4 Å².